The van der Waals surface area contributed by atoms with Gasteiger partial charge in [0.2, 0.25) is 17.7 Å². The van der Waals surface area contributed by atoms with Gasteiger partial charge in [-0.05, 0) is 62.3 Å². The molecule has 3 amide bonds. The minimum Gasteiger partial charge on any atom is -0.406 e. The lowest BCUT2D eigenvalue weighted by atomic mass is 9.78. The second-order valence-electron chi connectivity index (χ2n) is 10.1. The van der Waals surface area contributed by atoms with E-state index in [4.69, 9.17) is 10.6 Å². The van der Waals surface area contributed by atoms with Crippen molar-refractivity contribution in [1.82, 2.24) is 15.3 Å². The van der Waals surface area contributed by atoms with Gasteiger partial charge in [-0.1, -0.05) is 32.6 Å². The predicted molar refractivity (Wildman–Crippen MR) is 130 cm³/mol. The van der Waals surface area contributed by atoms with Gasteiger partial charge in [-0.3, -0.25) is 14.4 Å². The van der Waals surface area contributed by atoms with Crippen LogP contribution in [0.4, 0.5) is 0 Å². The monoisotopic (exact) mass is 486 g/mol. The van der Waals surface area contributed by atoms with Gasteiger partial charge in [-0.15, -0.1) is 5.06 Å². The van der Waals surface area contributed by atoms with Gasteiger partial charge < -0.3 is 25.9 Å². The molecule has 0 bridgehead atoms. The third kappa shape index (κ3) is 5.30. The summed E-state index contributed by atoms with van der Waals surface area (Å²) < 4.78 is 0. The summed E-state index contributed by atoms with van der Waals surface area (Å²) in [5, 5.41) is 15.8. The summed E-state index contributed by atoms with van der Waals surface area (Å²) in [7, 11) is 0. The van der Waals surface area contributed by atoms with Gasteiger partial charge in [0, 0.05) is 25.2 Å². The highest BCUT2D eigenvalue weighted by Crippen LogP contribution is 2.36. The third-order valence-corrected chi connectivity index (χ3v) is 7.89. The second kappa shape index (κ2) is 11.0. The molecule has 3 fully saturated rings. The molecule has 0 aromatic heterocycles. The number of aliphatic hydroxyl groups excluding tert-OH is 1. The number of hydroxylamine groups is 2. The SMILES string of the molecule is CCCCN1C(=O)[C@@H]([C@H](O)C2CCCCC2)NC(=O)C12CCN(Oc1ccc(C(N)=O)cc1)CC2. The van der Waals surface area contributed by atoms with Crippen LogP contribution in [0.1, 0.15) is 75.1 Å². The molecule has 3 aliphatic rings. The zero-order valence-corrected chi connectivity index (χ0v) is 20.6. The Kier molecular flexibility index (Phi) is 7.96. The smallest absolute Gasteiger partial charge is 0.248 e. The Morgan fingerprint density at radius 3 is 2.43 bits per heavy atom. The molecule has 192 valence electrons. The van der Waals surface area contributed by atoms with Gasteiger partial charge in [-0.25, -0.2) is 0 Å². The van der Waals surface area contributed by atoms with E-state index >= 15 is 0 Å². The molecule has 2 aliphatic heterocycles. The van der Waals surface area contributed by atoms with Crippen LogP contribution in [0, 0.1) is 5.92 Å². The molecule has 35 heavy (non-hydrogen) atoms. The van der Waals surface area contributed by atoms with Gasteiger partial charge in [0.15, 0.2) is 0 Å². The maximum Gasteiger partial charge on any atom is 0.248 e. The lowest BCUT2D eigenvalue weighted by Gasteiger charge is -2.52. The van der Waals surface area contributed by atoms with Crippen molar-refractivity contribution in [3.05, 3.63) is 29.8 Å². The molecule has 2 saturated heterocycles. The Hall–Kier alpha value is -2.65. The largest absolute Gasteiger partial charge is 0.406 e. The Morgan fingerprint density at radius 1 is 1.17 bits per heavy atom. The van der Waals surface area contributed by atoms with Crippen LogP contribution in [-0.4, -0.2) is 70.1 Å². The van der Waals surface area contributed by atoms with Crippen LogP contribution in [0.5, 0.6) is 5.75 Å². The fourth-order valence-corrected chi connectivity index (χ4v) is 5.73. The van der Waals surface area contributed by atoms with Crippen LogP contribution in [0.15, 0.2) is 24.3 Å². The Labute approximate surface area is 206 Å². The van der Waals surface area contributed by atoms with E-state index < -0.39 is 23.6 Å². The van der Waals surface area contributed by atoms with Gasteiger partial charge in [0.1, 0.15) is 17.3 Å². The van der Waals surface area contributed by atoms with Crippen molar-refractivity contribution in [2.24, 2.45) is 11.7 Å². The minimum atomic E-state index is -0.926. The molecule has 2 heterocycles. The second-order valence-corrected chi connectivity index (χ2v) is 10.1. The number of carbonyl (C=O) groups excluding carboxylic acids is 3. The molecule has 1 aromatic carbocycles. The normalized spacial score (nSPS) is 24.3. The number of unbranched alkanes of at least 4 members (excludes halogenated alkanes) is 1. The average molecular weight is 487 g/mol. The van der Waals surface area contributed by atoms with Crippen molar-refractivity contribution >= 4 is 17.7 Å². The molecule has 0 unspecified atom stereocenters. The molecule has 9 nitrogen and oxygen atoms in total. The number of hydrogen-bond acceptors (Lipinski definition) is 6. The van der Waals surface area contributed by atoms with Crippen LogP contribution in [0.3, 0.4) is 0 Å². The Bertz CT molecular complexity index is 907. The number of aliphatic hydroxyl groups is 1. The lowest BCUT2D eigenvalue weighted by Crippen LogP contribution is -2.75. The minimum absolute atomic E-state index is 0.0521. The number of primary amides is 1. The van der Waals surface area contributed by atoms with Crippen molar-refractivity contribution in [2.75, 3.05) is 19.6 Å². The van der Waals surface area contributed by atoms with E-state index in [1.807, 2.05) is 0 Å². The van der Waals surface area contributed by atoms with Gasteiger partial charge in [0.05, 0.1) is 6.10 Å². The summed E-state index contributed by atoms with van der Waals surface area (Å²) in [6, 6.07) is 5.73. The quantitative estimate of drug-likeness (QED) is 0.516. The molecular formula is C26H38N4O5. The maximum absolute atomic E-state index is 13.7. The van der Waals surface area contributed by atoms with Crippen molar-refractivity contribution in [3.8, 4) is 5.75 Å². The molecule has 4 N–H and O–H groups in total. The molecule has 4 rings (SSSR count). The molecule has 1 aliphatic carbocycles. The number of rotatable bonds is 8. The molecule has 1 saturated carbocycles. The van der Waals surface area contributed by atoms with E-state index in [-0.39, 0.29) is 17.7 Å². The number of piperazine rings is 1. The van der Waals surface area contributed by atoms with Crippen LogP contribution in [0.25, 0.3) is 0 Å². The van der Waals surface area contributed by atoms with E-state index in [2.05, 4.69) is 12.2 Å². The number of amides is 3. The van der Waals surface area contributed by atoms with Crippen LogP contribution < -0.4 is 15.9 Å². The van der Waals surface area contributed by atoms with Crippen molar-refractivity contribution in [1.29, 1.82) is 0 Å². The fraction of sp³-hybridized carbons (Fsp3) is 0.654. The van der Waals surface area contributed by atoms with E-state index in [0.717, 1.165) is 44.9 Å². The van der Waals surface area contributed by atoms with E-state index in [0.29, 0.717) is 43.8 Å². The first-order chi connectivity index (χ1) is 16.9. The van der Waals surface area contributed by atoms with Crippen molar-refractivity contribution in [3.63, 3.8) is 0 Å². The highest BCUT2D eigenvalue weighted by molar-refractivity contribution is 6.00. The average Bonchev–Trinajstić information content (AvgIpc) is 2.88. The number of piperidine rings is 1. The summed E-state index contributed by atoms with van der Waals surface area (Å²) in [6.45, 7) is 3.51. The summed E-state index contributed by atoms with van der Waals surface area (Å²) in [5.41, 5.74) is 4.77. The Morgan fingerprint density at radius 2 is 1.83 bits per heavy atom. The molecule has 2 atom stereocenters. The lowest BCUT2D eigenvalue weighted by molar-refractivity contribution is -0.172. The van der Waals surface area contributed by atoms with E-state index in [9.17, 15) is 19.5 Å². The summed E-state index contributed by atoms with van der Waals surface area (Å²) in [6.07, 6.45) is 6.82. The molecule has 1 aromatic rings. The zero-order chi connectivity index (χ0) is 25.0. The number of nitrogens with two attached hydrogens (primary N) is 1. The summed E-state index contributed by atoms with van der Waals surface area (Å²) in [5.74, 6) is -0.195. The standard InChI is InChI=1S/C26H38N4O5/c1-2-3-15-30-24(33)21(22(31)18-7-5-4-6-8-18)28-25(34)26(30)13-16-29(17-14-26)35-20-11-9-19(10-12-20)23(27)32/h9-12,18,21-22,31H,2-8,13-17H2,1H3,(H2,27,32)(H,28,34)/t21-,22-/m1/s1. The van der Waals surface area contributed by atoms with Crippen molar-refractivity contribution < 1.29 is 24.3 Å². The number of carbonyl (C=O) groups is 3. The van der Waals surface area contributed by atoms with Gasteiger partial charge in [-0.2, -0.15) is 0 Å². The third-order valence-electron chi connectivity index (χ3n) is 7.89. The van der Waals surface area contributed by atoms with E-state index in [1.54, 1.807) is 34.2 Å². The highest BCUT2D eigenvalue weighted by atomic mass is 16.7. The first-order valence-electron chi connectivity index (χ1n) is 13.0. The Balaban J connectivity index is 1.45. The number of benzene rings is 1. The highest BCUT2D eigenvalue weighted by Gasteiger charge is 2.55. The van der Waals surface area contributed by atoms with Crippen LogP contribution in [0.2, 0.25) is 0 Å². The van der Waals surface area contributed by atoms with Gasteiger partial charge in [0.25, 0.3) is 0 Å². The van der Waals surface area contributed by atoms with Crippen LogP contribution >= 0.6 is 0 Å². The fourth-order valence-electron chi connectivity index (χ4n) is 5.73. The van der Waals surface area contributed by atoms with Gasteiger partial charge >= 0.3 is 0 Å². The topological polar surface area (TPSA) is 125 Å². The number of nitrogens with one attached hydrogen (secondary N) is 1. The molecule has 0 radical (unpaired) electrons. The zero-order valence-electron chi connectivity index (χ0n) is 20.6. The first-order valence-corrected chi connectivity index (χ1v) is 13.0. The summed E-state index contributed by atoms with van der Waals surface area (Å²) in [4.78, 5) is 46.2. The number of hydrogen-bond donors (Lipinski definition) is 3. The molecule has 1 spiro atoms. The molecule has 9 heteroatoms. The van der Waals surface area contributed by atoms with Crippen molar-refractivity contribution in [2.45, 2.75) is 82.4 Å². The molecular weight excluding hydrogens is 448 g/mol. The summed E-state index contributed by atoms with van der Waals surface area (Å²) >= 11 is 0. The predicted octanol–water partition coefficient (Wildman–Crippen LogP) is 1.98. The van der Waals surface area contributed by atoms with Crippen LogP contribution in [-0.2, 0) is 9.59 Å². The first kappa shape index (κ1) is 25.4. The number of nitrogens with zero attached hydrogens (tertiary/aromatic N) is 2. The maximum atomic E-state index is 13.7. The van der Waals surface area contributed by atoms with E-state index in [1.165, 1.54) is 0 Å².